The van der Waals surface area contributed by atoms with Gasteiger partial charge in [0.2, 0.25) is 0 Å². The van der Waals surface area contributed by atoms with E-state index in [1.54, 1.807) is 0 Å². The molecule has 78 valence electrons. The van der Waals surface area contributed by atoms with Crippen LogP contribution in [0.2, 0.25) is 0 Å². The van der Waals surface area contributed by atoms with Gasteiger partial charge in [0.05, 0.1) is 0 Å². The first-order chi connectivity index (χ1) is 6.63. The Hall–Kier alpha value is -0.760. The van der Waals surface area contributed by atoms with Crippen LogP contribution < -0.4 is 5.32 Å². The Morgan fingerprint density at radius 1 is 1.50 bits per heavy atom. The van der Waals surface area contributed by atoms with E-state index in [-0.39, 0.29) is 0 Å². The van der Waals surface area contributed by atoms with Gasteiger partial charge < -0.3 is 9.73 Å². The summed E-state index contributed by atoms with van der Waals surface area (Å²) in [5.74, 6) is 3.48. The lowest BCUT2D eigenvalue weighted by Crippen LogP contribution is -2.19. The van der Waals surface area contributed by atoms with Crippen molar-refractivity contribution in [3.8, 4) is 0 Å². The molecule has 2 unspecified atom stereocenters. The van der Waals surface area contributed by atoms with Gasteiger partial charge in [-0.3, -0.25) is 0 Å². The molecule has 0 saturated carbocycles. The van der Waals surface area contributed by atoms with Crippen LogP contribution in [0.5, 0.6) is 0 Å². The minimum Gasteiger partial charge on any atom is -0.465 e. The summed E-state index contributed by atoms with van der Waals surface area (Å²) in [7, 11) is 2.03. The van der Waals surface area contributed by atoms with Crippen LogP contribution in [0.4, 0.5) is 0 Å². The third-order valence-electron chi connectivity index (χ3n) is 3.15. The van der Waals surface area contributed by atoms with Crippen LogP contribution in [0, 0.1) is 5.92 Å². The van der Waals surface area contributed by atoms with Gasteiger partial charge in [-0.2, -0.15) is 0 Å². The molecule has 2 nitrogen and oxygen atoms in total. The molecule has 2 heteroatoms. The second-order valence-electron chi connectivity index (χ2n) is 4.63. The predicted octanol–water partition coefficient (Wildman–Crippen LogP) is 2.86. The quantitative estimate of drug-likeness (QED) is 0.781. The van der Waals surface area contributed by atoms with Crippen LogP contribution in [0.25, 0.3) is 0 Å². The van der Waals surface area contributed by atoms with E-state index < -0.39 is 0 Å². The van der Waals surface area contributed by atoms with E-state index in [9.17, 15) is 0 Å². The van der Waals surface area contributed by atoms with Crippen molar-refractivity contribution in [1.29, 1.82) is 0 Å². The summed E-state index contributed by atoms with van der Waals surface area (Å²) in [6.45, 7) is 6.61. The van der Waals surface area contributed by atoms with E-state index in [2.05, 4.69) is 32.2 Å². The smallest absolute Gasteiger partial charge is 0.109 e. The molecule has 1 aliphatic rings. The van der Waals surface area contributed by atoms with E-state index in [0.29, 0.717) is 17.9 Å². The van der Waals surface area contributed by atoms with Gasteiger partial charge in [0.15, 0.2) is 0 Å². The van der Waals surface area contributed by atoms with E-state index in [0.717, 1.165) is 12.2 Å². The van der Waals surface area contributed by atoms with Crippen molar-refractivity contribution in [2.75, 3.05) is 7.05 Å². The molecule has 0 saturated heterocycles. The molecule has 0 radical (unpaired) electrons. The van der Waals surface area contributed by atoms with Crippen molar-refractivity contribution in [3.05, 3.63) is 23.2 Å². The third-order valence-corrected chi connectivity index (χ3v) is 3.15. The van der Waals surface area contributed by atoms with Crippen LogP contribution in [0.15, 0.2) is 10.5 Å². The monoisotopic (exact) mass is 193 g/mol. The molecule has 0 aliphatic heterocycles. The predicted molar refractivity (Wildman–Crippen MR) is 57.5 cm³/mol. The van der Waals surface area contributed by atoms with Gasteiger partial charge in [-0.05, 0) is 19.0 Å². The maximum absolute atomic E-state index is 5.85. The standard InChI is InChI=1S/C12H19NO/c1-7(2)10-6-9-11(14-10)5-8(3)12(9)13-4/h6-8,12-13H,5H2,1-4H3. The molecule has 1 N–H and O–H groups in total. The average molecular weight is 193 g/mol. The van der Waals surface area contributed by atoms with Crippen LogP contribution in [0.1, 0.15) is 49.8 Å². The molecule has 0 amide bonds. The highest BCUT2D eigenvalue weighted by molar-refractivity contribution is 5.32. The summed E-state index contributed by atoms with van der Waals surface area (Å²) in [5, 5.41) is 3.36. The summed E-state index contributed by atoms with van der Waals surface area (Å²) in [6.07, 6.45) is 1.08. The minimum atomic E-state index is 0.487. The van der Waals surface area contributed by atoms with Crippen LogP contribution in [-0.2, 0) is 6.42 Å². The highest BCUT2D eigenvalue weighted by Gasteiger charge is 2.32. The first kappa shape index (κ1) is 9.78. The number of hydrogen-bond acceptors (Lipinski definition) is 2. The lowest BCUT2D eigenvalue weighted by Gasteiger charge is -2.14. The normalized spacial score (nSPS) is 25.8. The second kappa shape index (κ2) is 3.43. The zero-order valence-corrected chi connectivity index (χ0v) is 9.42. The molecule has 0 aromatic carbocycles. The second-order valence-corrected chi connectivity index (χ2v) is 4.63. The summed E-state index contributed by atoms with van der Waals surface area (Å²) in [4.78, 5) is 0. The van der Waals surface area contributed by atoms with E-state index in [1.165, 1.54) is 11.3 Å². The Morgan fingerprint density at radius 2 is 2.21 bits per heavy atom. The number of fused-ring (bicyclic) bond motifs is 1. The molecule has 1 aromatic heterocycles. The van der Waals surface area contributed by atoms with Crippen LogP contribution >= 0.6 is 0 Å². The molecule has 1 aromatic rings. The Balaban J connectivity index is 2.33. The van der Waals surface area contributed by atoms with E-state index in [1.807, 2.05) is 7.05 Å². The van der Waals surface area contributed by atoms with Crippen molar-refractivity contribution in [2.45, 2.75) is 39.2 Å². The third kappa shape index (κ3) is 1.38. The molecular formula is C12H19NO. The Labute approximate surface area is 85.7 Å². The van der Waals surface area contributed by atoms with Crippen LogP contribution in [-0.4, -0.2) is 7.05 Å². The Morgan fingerprint density at radius 3 is 2.79 bits per heavy atom. The van der Waals surface area contributed by atoms with Crippen molar-refractivity contribution in [3.63, 3.8) is 0 Å². The lowest BCUT2D eigenvalue weighted by molar-refractivity contribution is 0.406. The maximum Gasteiger partial charge on any atom is 0.109 e. The summed E-state index contributed by atoms with van der Waals surface area (Å²) in [5.41, 5.74) is 1.38. The van der Waals surface area contributed by atoms with Gasteiger partial charge in [-0.25, -0.2) is 0 Å². The van der Waals surface area contributed by atoms with Crippen molar-refractivity contribution >= 4 is 0 Å². The Bertz CT molecular complexity index is 327. The molecule has 0 bridgehead atoms. The summed E-state index contributed by atoms with van der Waals surface area (Å²) in [6, 6.07) is 2.71. The molecule has 1 heterocycles. The summed E-state index contributed by atoms with van der Waals surface area (Å²) < 4.78 is 5.85. The maximum atomic E-state index is 5.85. The van der Waals surface area contributed by atoms with Crippen LogP contribution in [0.3, 0.4) is 0 Å². The average Bonchev–Trinajstić information content (AvgIpc) is 2.60. The van der Waals surface area contributed by atoms with Crippen molar-refractivity contribution < 1.29 is 4.42 Å². The number of nitrogens with one attached hydrogen (secondary N) is 1. The SMILES string of the molecule is CNC1c2cc(C(C)C)oc2CC1C. The number of hydrogen-bond donors (Lipinski definition) is 1. The first-order valence-electron chi connectivity index (χ1n) is 5.43. The Kier molecular flexibility index (Phi) is 2.40. The summed E-state index contributed by atoms with van der Waals surface area (Å²) >= 11 is 0. The van der Waals surface area contributed by atoms with E-state index in [4.69, 9.17) is 4.42 Å². The lowest BCUT2D eigenvalue weighted by atomic mass is 10.0. The number of rotatable bonds is 2. The molecule has 0 spiro atoms. The minimum absolute atomic E-state index is 0.487. The molecular weight excluding hydrogens is 174 g/mol. The molecule has 1 aliphatic carbocycles. The fourth-order valence-corrected chi connectivity index (χ4v) is 2.33. The van der Waals surface area contributed by atoms with Crippen molar-refractivity contribution in [2.24, 2.45) is 5.92 Å². The highest BCUT2D eigenvalue weighted by Crippen LogP contribution is 2.38. The molecule has 14 heavy (non-hydrogen) atoms. The highest BCUT2D eigenvalue weighted by atomic mass is 16.3. The molecule has 2 atom stereocenters. The fourth-order valence-electron chi connectivity index (χ4n) is 2.33. The molecule has 0 fully saturated rings. The van der Waals surface area contributed by atoms with Crippen molar-refractivity contribution in [1.82, 2.24) is 5.32 Å². The van der Waals surface area contributed by atoms with Gasteiger partial charge in [0, 0.05) is 23.9 Å². The molecule has 2 rings (SSSR count). The fraction of sp³-hybridized carbons (Fsp3) is 0.667. The first-order valence-corrected chi connectivity index (χ1v) is 5.43. The van der Waals surface area contributed by atoms with Gasteiger partial charge in [0.1, 0.15) is 11.5 Å². The van der Waals surface area contributed by atoms with E-state index >= 15 is 0 Å². The largest absolute Gasteiger partial charge is 0.465 e. The van der Waals surface area contributed by atoms with Gasteiger partial charge in [-0.1, -0.05) is 20.8 Å². The topological polar surface area (TPSA) is 25.2 Å². The van der Waals surface area contributed by atoms with Gasteiger partial charge in [0.25, 0.3) is 0 Å². The zero-order chi connectivity index (χ0) is 10.3. The number of furan rings is 1. The van der Waals surface area contributed by atoms with Gasteiger partial charge in [-0.15, -0.1) is 0 Å². The zero-order valence-electron chi connectivity index (χ0n) is 9.42. The van der Waals surface area contributed by atoms with Gasteiger partial charge >= 0.3 is 0 Å².